The van der Waals surface area contributed by atoms with Crippen molar-refractivity contribution in [2.75, 3.05) is 13.2 Å². The topological polar surface area (TPSA) is 69.4 Å². The van der Waals surface area contributed by atoms with E-state index >= 15 is 0 Å². The predicted molar refractivity (Wildman–Crippen MR) is 81.5 cm³/mol. The lowest BCUT2D eigenvalue weighted by Crippen LogP contribution is -2.37. The van der Waals surface area contributed by atoms with Crippen molar-refractivity contribution < 1.29 is 4.74 Å². The van der Waals surface area contributed by atoms with E-state index in [0.717, 1.165) is 25.0 Å². The zero-order chi connectivity index (χ0) is 14.2. The Hall–Kier alpha value is -1.97. The molecule has 104 valence electrons. The monoisotopic (exact) mass is 288 g/mol. The van der Waals surface area contributed by atoms with E-state index in [9.17, 15) is 0 Å². The van der Waals surface area contributed by atoms with E-state index in [1.165, 1.54) is 0 Å². The highest BCUT2D eigenvalue weighted by molar-refractivity contribution is 7.80. The molecule has 0 aliphatic carbocycles. The summed E-state index contributed by atoms with van der Waals surface area (Å²) in [6.07, 6.45) is 4.09. The largest absolute Gasteiger partial charge is 0.376 e. The van der Waals surface area contributed by atoms with Crippen LogP contribution in [0.4, 0.5) is 0 Å². The number of nitrogens with zero attached hydrogens (tertiary/aromatic N) is 2. The Morgan fingerprint density at radius 1 is 1.50 bits per heavy atom. The van der Waals surface area contributed by atoms with Gasteiger partial charge in [0, 0.05) is 13.2 Å². The summed E-state index contributed by atoms with van der Waals surface area (Å²) in [6, 6.07) is 9.21. The Balaban J connectivity index is 1.71. The van der Waals surface area contributed by atoms with E-state index in [4.69, 9.17) is 22.2 Å². The zero-order valence-electron chi connectivity index (χ0n) is 11.0. The predicted octanol–water partition coefficient (Wildman–Crippen LogP) is 1.54. The van der Waals surface area contributed by atoms with Crippen LogP contribution in [0, 0.1) is 11.3 Å². The van der Waals surface area contributed by atoms with Gasteiger partial charge in [0.2, 0.25) is 0 Å². The maximum Gasteiger partial charge on any atom is 0.187 e. The molecule has 5 nitrogen and oxygen atoms in total. The van der Waals surface area contributed by atoms with Gasteiger partial charge in [-0.2, -0.15) is 10.4 Å². The standard InChI is InChI=1S/C14H16N4OS/c15-8-11-3-5-12(6-4-11)9-17-18-14(20)16-10-13-2-1-7-19-13/h3-6,9,13H,1-2,7,10H2,(H2,16,18,20)/b17-9-/t13-/m1/s1. The van der Waals surface area contributed by atoms with Gasteiger partial charge >= 0.3 is 0 Å². The van der Waals surface area contributed by atoms with Crippen molar-refractivity contribution in [1.29, 1.82) is 5.26 Å². The third-order valence-corrected chi connectivity index (χ3v) is 3.17. The quantitative estimate of drug-likeness (QED) is 0.499. The van der Waals surface area contributed by atoms with E-state index in [1.54, 1.807) is 18.3 Å². The van der Waals surface area contributed by atoms with Crippen molar-refractivity contribution >= 4 is 23.5 Å². The molecule has 2 rings (SSSR count). The fourth-order valence-electron chi connectivity index (χ4n) is 1.86. The summed E-state index contributed by atoms with van der Waals surface area (Å²) >= 11 is 5.11. The molecule has 0 spiro atoms. The number of ether oxygens (including phenoxy) is 1. The summed E-state index contributed by atoms with van der Waals surface area (Å²) in [5, 5.41) is 16.3. The van der Waals surface area contributed by atoms with Gasteiger partial charge in [-0.3, -0.25) is 5.43 Å². The van der Waals surface area contributed by atoms with Crippen molar-refractivity contribution in [1.82, 2.24) is 10.7 Å². The first-order chi connectivity index (χ1) is 9.78. The highest BCUT2D eigenvalue weighted by Crippen LogP contribution is 2.10. The first-order valence-corrected chi connectivity index (χ1v) is 6.87. The summed E-state index contributed by atoms with van der Waals surface area (Å²) in [6.45, 7) is 1.54. The molecule has 0 radical (unpaired) electrons. The lowest BCUT2D eigenvalue weighted by atomic mass is 10.2. The molecular weight excluding hydrogens is 272 g/mol. The number of nitrogens with one attached hydrogen (secondary N) is 2. The van der Waals surface area contributed by atoms with Gasteiger partial charge in [0.05, 0.1) is 24.0 Å². The molecular formula is C14H16N4OS. The molecule has 1 aliphatic rings. The molecule has 2 N–H and O–H groups in total. The van der Waals surface area contributed by atoms with Crippen molar-refractivity contribution in [3.8, 4) is 6.07 Å². The number of hydrogen-bond acceptors (Lipinski definition) is 4. The Labute approximate surface area is 123 Å². The molecule has 1 aromatic rings. The van der Waals surface area contributed by atoms with E-state index in [0.29, 0.717) is 17.2 Å². The summed E-state index contributed by atoms with van der Waals surface area (Å²) in [5.41, 5.74) is 4.28. The second-order valence-corrected chi connectivity index (χ2v) is 4.86. The number of rotatable bonds is 4. The number of hydrazone groups is 1. The van der Waals surface area contributed by atoms with Crippen LogP contribution < -0.4 is 10.7 Å². The third kappa shape index (κ3) is 4.61. The average molecular weight is 288 g/mol. The van der Waals surface area contributed by atoms with Crippen molar-refractivity contribution in [2.24, 2.45) is 5.10 Å². The van der Waals surface area contributed by atoms with Crippen molar-refractivity contribution in [2.45, 2.75) is 18.9 Å². The highest BCUT2D eigenvalue weighted by Gasteiger charge is 2.14. The van der Waals surface area contributed by atoms with E-state index in [1.807, 2.05) is 12.1 Å². The molecule has 6 heteroatoms. The van der Waals surface area contributed by atoms with Crippen molar-refractivity contribution in [3.63, 3.8) is 0 Å². The van der Waals surface area contributed by atoms with Gasteiger partial charge in [-0.15, -0.1) is 0 Å². The van der Waals surface area contributed by atoms with Gasteiger partial charge in [-0.25, -0.2) is 0 Å². The fourth-order valence-corrected chi connectivity index (χ4v) is 2.00. The lowest BCUT2D eigenvalue weighted by molar-refractivity contribution is 0.114. The van der Waals surface area contributed by atoms with Gasteiger partial charge in [-0.05, 0) is 42.8 Å². The Bertz CT molecular complexity index is 515. The number of thiocarbonyl (C=S) groups is 1. The summed E-state index contributed by atoms with van der Waals surface area (Å²) in [7, 11) is 0. The molecule has 20 heavy (non-hydrogen) atoms. The number of benzene rings is 1. The molecule has 1 saturated heterocycles. The molecule has 1 heterocycles. The molecule has 1 atom stereocenters. The zero-order valence-corrected chi connectivity index (χ0v) is 11.8. The Morgan fingerprint density at radius 2 is 2.30 bits per heavy atom. The van der Waals surface area contributed by atoms with Crippen LogP contribution in [0.1, 0.15) is 24.0 Å². The van der Waals surface area contributed by atoms with Gasteiger partial charge in [0.25, 0.3) is 0 Å². The lowest BCUT2D eigenvalue weighted by Gasteiger charge is -2.11. The Kier molecular flexibility index (Phi) is 5.47. The molecule has 0 bridgehead atoms. The van der Waals surface area contributed by atoms with Crippen LogP contribution in [0.5, 0.6) is 0 Å². The van der Waals surface area contributed by atoms with Crippen LogP contribution in [0.15, 0.2) is 29.4 Å². The first kappa shape index (κ1) is 14.4. The highest BCUT2D eigenvalue weighted by atomic mass is 32.1. The van der Waals surface area contributed by atoms with E-state index < -0.39 is 0 Å². The molecule has 0 amide bonds. The average Bonchev–Trinajstić information content (AvgIpc) is 2.99. The molecule has 0 unspecified atom stereocenters. The van der Waals surface area contributed by atoms with Gasteiger partial charge < -0.3 is 10.1 Å². The minimum absolute atomic E-state index is 0.247. The third-order valence-electron chi connectivity index (χ3n) is 2.93. The second-order valence-electron chi connectivity index (χ2n) is 4.45. The number of hydrogen-bond donors (Lipinski definition) is 2. The minimum atomic E-state index is 0.247. The normalized spacial score (nSPS) is 17.9. The summed E-state index contributed by atoms with van der Waals surface area (Å²) < 4.78 is 5.48. The molecule has 0 aromatic heterocycles. The van der Waals surface area contributed by atoms with Crippen LogP contribution in [0.3, 0.4) is 0 Å². The summed E-state index contributed by atoms with van der Waals surface area (Å²) in [4.78, 5) is 0. The molecule has 0 saturated carbocycles. The minimum Gasteiger partial charge on any atom is -0.376 e. The fraction of sp³-hybridized carbons (Fsp3) is 0.357. The second kappa shape index (κ2) is 7.58. The Morgan fingerprint density at radius 3 is 2.95 bits per heavy atom. The van der Waals surface area contributed by atoms with Gasteiger partial charge in [0.15, 0.2) is 5.11 Å². The van der Waals surface area contributed by atoms with Gasteiger partial charge in [-0.1, -0.05) is 12.1 Å². The van der Waals surface area contributed by atoms with E-state index in [-0.39, 0.29) is 6.10 Å². The number of nitriles is 1. The maximum atomic E-state index is 8.69. The maximum absolute atomic E-state index is 8.69. The van der Waals surface area contributed by atoms with Crippen LogP contribution in [-0.4, -0.2) is 30.6 Å². The van der Waals surface area contributed by atoms with Gasteiger partial charge in [0.1, 0.15) is 0 Å². The molecule has 1 fully saturated rings. The van der Waals surface area contributed by atoms with Crippen LogP contribution >= 0.6 is 12.2 Å². The first-order valence-electron chi connectivity index (χ1n) is 6.46. The summed E-state index contributed by atoms with van der Waals surface area (Å²) in [5.74, 6) is 0. The van der Waals surface area contributed by atoms with Crippen LogP contribution in [0.2, 0.25) is 0 Å². The van der Waals surface area contributed by atoms with Crippen LogP contribution in [-0.2, 0) is 4.74 Å². The molecule has 1 aliphatic heterocycles. The van der Waals surface area contributed by atoms with Crippen LogP contribution in [0.25, 0.3) is 0 Å². The van der Waals surface area contributed by atoms with E-state index in [2.05, 4.69) is 21.9 Å². The smallest absolute Gasteiger partial charge is 0.187 e. The SMILES string of the molecule is N#Cc1ccc(/C=N\NC(=S)NC[C@H]2CCCO2)cc1. The van der Waals surface area contributed by atoms with Crippen molar-refractivity contribution in [3.05, 3.63) is 35.4 Å². The molecule has 1 aromatic carbocycles.